The SMILES string of the molecule is CC1CCN(C(=O)c2nn(-c3ccc(F)cc3)c3c2CCC3)C(CN)C1. The van der Waals surface area contributed by atoms with Crippen LogP contribution >= 0.6 is 0 Å². The van der Waals surface area contributed by atoms with Crippen molar-refractivity contribution < 1.29 is 9.18 Å². The van der Waals surface area contributed by atoms with Crippen molar-refractivity contribution in [2.24, 2.45) is 11.7 Å². The van der Waals surface area contributed by atoms with Crippen LogP contribution in [0.1, 0.15) is 47.9 Å². The van der Waals surface area contributed by atoms with Crippen molar-refractivity contribution >= 4 is 5.91 Å². The summed E-state index contributed by atoms with van der Waals surface area (Å²) in [5.74, 6) is 0.309. The van der Waals surface area contributed by atoms with E-state index in [1.54, 1.807) is 12.1 Å². The number of rotatable bonds is 3. The number of carbonyl (C=O) groups is 1. The quantitative estimate of drug-likeness (QED) is 0.920. The first kappa shape index (κ1) is 17.2. The van der Waals surface area contributed by atoms with E-state index in [4.69, 9.17) is 5.73 Å². The van der Waals surface area contributed by atoms with Gasteiger partial charge < -0.3 is 10.6 Å². The third-order valence-electron chi connectivity index (χ3n) is 5.71. The Labute approximate surface area is 153 Å². The van der Waals surface area contributed by atoms with E-state index in [1.165, 1.54) is 12.1 Å². The topological polar surface area (TPSA) is 64.2 Å². The van der Waals surface area contributed by atoms with Gasteiger partial charge in [-0.3, -0.25) is 4.79 Å². The third-order valence-corrected chi connectivity index (χ3v) is 5.71. The van der Waals surface area contributed by atoms with E-state index >= 15 is 0 Å². The number of benzene rings is 1. The fraction of sp³-hybridized carbons (Fsp3) is 0.500. The summed E-state index contributed by atoms with van der Waals surface area (Å²) < 4.78 is 15.1. The smallest absolute Gasteiger partial charge is 0.274 e. The normalized spacial score (nSPS) is 22.5. The van der Waals surface area contributed by atoms with Crippen LogP contribution in [0.2, 0.25) is 0 Å². The minimum absolute atomic E-state index is 0.00800. The largest absolute Gasteiger partial charge is 0.333 e. The number of nitrogens with two attached hydrogens (primary N) is 1. The lowest BCUT2D eigenvalue weighted by Crippen LogP contribution is -2.49. The predicted molar refractivity (Wildman–Crippen MR) is 97.8 cm³/mol. The molecule has 1 amide bonds. The summed E-state index contributed by atoms with van der Waals surface area (Å²) in [5.41, 5.74) is 9.42. The maximum absolute atomic E-state index is 13.3. The molecule has 1 aromatic heterocycles. The van der Waals surface area contributed by atoms with E-state index in [1.807, 2.05) is 9.58 Å². The van der Waals surface area contributed by atoms with E-state index in [0.717, 1.165) is 55.6 Å². The van der Waals surface area contributed by atoms with Gasteiger partial charge in [-0.05, 0) is 62.3 Å². The first-order chi connectivity index (χ1) is 12.6. The number of hydrogen-bond acceptors (Lipinski definition) is 3. The van der Waals surface area contributed by atoms with Crippen LogP contribution < -0.4 is 5.73 Å². The number of piperidine rings is 1. The summed E-state index contributed by atoms with van der Waals surface area (Å²) in [6.07, 6.45) is 4.73. The minimum Gasteiger partial charge on any atom is -0.333 e. The number of fused-ring (bicyclic) bond motifs is 1. The zero-order valence-electron chi connectivity index (χ0n) is 15.1. The first-order valence-corrected chi connectivity index (χ1v) is 9.46. The van der Waals surface area contributed by atoms with Gasteiger partial charge in [-0.25, -0.2) is 9.07 Å². The third kappa shape index (κ3) is 2.92. The Morgan fingerprint density at radius 2 is 2.08 bits per heavy atom. The lowest BCUT2D eigenvalue weighted by Gasteiger charge is -2.37. The highest BCUT2D eigenvalue weighted by molar-refractivity contribution is 5.94. The Bertz CT molecular complexity index is 814. The molecule has 26 heavy (non-hydrogen) atoms. The molecule has 1 aliphatic carbocycles. The van der Waals surface area contributed by atoms with Crippen molar-refractivity contribution in [1.29, 1.82) is 0 Å². The molecular formula is C20H25FN4O. The molecule has 2 N–H and O–H groups in total. The molecule has 1 fully saturated rings. The number of halogens is 1. The molecular weight excluding hydrogens is 331 g/mol. The molecule has 0 radical (unpaired) electrons. The summed E-state index contributed by atoms with van der Waals surface area (Å²) in [6.45, 7) is 3.43. The maximum atomic E-state index is 13.3. The fourth-order valence-corrected chi connectivity index (χ4v) is 4.28. The molecule has 1 saturated heterocycles. The molecule has 138 valence electrons. The highest BCUT2D eigenvalue weighted by Gasteiger charge is 2.34. The van der Waals surface area contributed by atoms with Crippen molar-refractivity contribution in [2.45, 2.75) is 45.1 Å². The van der Waals surface area contributed by atoms with Gasteiger partial charge in [0.25, 0.3) is 5.91 Å². The van der Waals surface area contributed by atoms with E-state index in [2.05, 4.69) is 12.0 Å². The van der Waals surface area contributed by atoms with Crippen LogP contribution in [0.25, 0.3) is 5.69 Å². The van der Waals surface area contributed by atoms with Gasteiger partial charge in [0, 0.05) is 30.4 Å². The van der Waals surface area contributed by atoms with Gasteiger partial charge in [-0.15, -0.1) is 0 Å². The Morgan fingerprint density at radius 1 is 1.31 bits per heavy atom. The molecule has 0 bridgehead atoms. The predicted octanol–water partition coefficient (Wildman–Crippen LogP) is 2.70. The Balaban J connectivity index is 1.70. The van der Waals surface area contributed by atoms with Gasteiger partial charge >= 0.3 is 0 Å². The summed E-state index contributed by atoms with van der Waals surface area (Å²) in [4.78, 5) is 15.2. The van der Waals surface area contributed by atoms with Gasteiger partial charge in [0.15, 0.2) is 5.69 Å². The van der Waals surface area contributed by atoms with Gasteiger partial charge in [-0.1, -0.05) is 6.92 Å². The molecule has 0 spiro atoms. The minimum atomic E-state index is -0.276. The van der Waals surface area contributed by atoms with Crippen LogP contribution in [0.5, 0.6) is 0 Å². The van der Waals surface area contributed by atoms with Crippen molar-refractivity contribution in [1.82, 2.24) is 14.7 Å². The molecule has 1 aromatic carbocycles. The van der Waals surface area contributed by atoms with Gasteiger partial charge in [0.05, 0.1) is 5.69 Å². The second-order valence-electron chi connectivity index (χ2n) is 7.53. The van der Waals surface area contributed by atoms with Crippen molar-refractivity contribution in [2.75, 3.05) is 13.1 Å². The Morgan fingerprint density at radius 3 is 2.81 bits per heavy atom. The van der Waals surface area contributed by atoms with Crippen molar-refractivity contribution in [3.63, 3.8) is 0 Å². The van der Waals surface area contributed by atoms with Gasteiger partial charge in [0.1, 0.15) is 5.82 Å². The van der Waals surface area contributed by atoms with Gasteiger partial charge in [0.2, 0.25) is 0 Å². The molecule has 4 rings (SSSR count). The van der Waals surface area contributed by atoms with Crippen LogP contribution in [0.3, 0.4) is 0 Å². The summed E-state index contributed by atoms with van der Waals surface area (Å²) in [5, 5.41) is 4.66. The molecule has 2 atom stereocenters. The molecule has 2 unspecified atom stereocenters. The number of hydrogen-bond donors (Lipinski definition) is 1. The number of aromatic nitrogens is 2. The second-order valence-corrected chi connectivity index (χ2v) is 7.53. The Hall–Kier alpha value is -2.21. The van der Waals surface area contributed by atoms with Crippen LogP contribution in [-0.4, -0.2) is 39.7 Å². The van der Waals surface area contributed by atoms with Crippen LogP contribution in [0.4, 0.5) is 4.39 Å². The number of carbonyl (C=O) groups excluding carboxylic acids is 1. The summed E-state index contributed by atoms with van der Waals surface area (Å²) in [7, 11) is 0. The average Bonchev–Trinajstić information content (AvgIpc) is 3.24. The van der Waals surface area contributed by atoms with E-state index < -0.39 is 0 Å². The van der Waals surface area contributed by atoms with Crippen LogP contribution in [-0.2, 0) is 12.8 Å². The van der Waals surface area contributed by atoms with Crippen molar-refractivity contribution in [3.05, 3.63) is 47.0 Å². The number of likely N-dealkylation sites (tertiary alicyclic amines) is 1. The monoisotopic (exact) mass is 356 g/mol. The molecule has 1 aliphatic heterocycles. The molecule has 6 heteroatoms. The second kappa shape index (κ2) is 6.83. The van der Waals surface area contributed by atoms with E-state index in [-0.39, 0.29) is 17.8 Å². The summed E-state index contributed by atoms with van der Waals surface area (Å²) in [6, 6.07) is 6.35. The number of nitrogens with zero attached hydrogens (tertiary/aromatic N) is 3. The lowest BCUT2D eigenvalue weighted by molar-refractivity contribution is 0.0566. The fourth-order valence-electron chi connectivity index (χ4n) is 4.28. The molecule has 2 aliphatic rings. The first-order valence-electron chi connectivity index (χ1n) is 9.46. The van der Waals surface area contributed by atoms with Crippen LogP contribution in [0.15, 0.2) is 24.3 Å². The van der Waals surface area contributed by atoms with Crippen LogP contribution in [0, 0.1) is 11.7 Å². The molecule has 2 heterocycles. The van der Waals surface area contributed by atoms with E-state index in [0.29, 0.717) is 18.2 Å². The lowest BCUT2D eigenvalue weighted by atomic mass is 9.92. The highest BCUT2D eigenvalue weighted by atomic mass is 19.1. The maximum Gasteiger partial charge on any atom is 0.274 e. The standard InChI is InChI=1S/C20H25FN4O/c1-13-9-10-24(16(11-13)12-22)20(26)19-17-3-2-4-18(17)25(23-19)15-7-5-14(21)6-8-15/h5-8,13,16H,2-4,9-12,22H2,1H3. The molecule has 2 aromatic rings. The molecule has 5 nitrogen and oxygen atoms in total. The van der Waals surface area contributed by atoms with E-state index in [9.17, 15) is 9.18 Å². The zero-order chi connectivity index (χ0) is 18.3. The van der Waals surface area contributed by atoms with Gasteiger partial charge in [-0.2, -0.15) is 5.10 Å². The van der Waals surface area contributed by atoms with Crippen molar-refractivity contribution in [3.8, 4) is 5.69 Å². The average molecular weight is 356 g/mol. The molecule has 0 saturated carbocycles. The number of amides is 1. The summed E-state index contributed by atoms with van der Waals surface area (Å²) >= 11 is 0. The Kier molecular flexibility index (Phi) is 4.53. The highest BCUT2D eigenvalue weighted by Crippen LogP contribution is 2.30. The zero-order valence-corrected chi connectivity index (χ0v) is 15.1.